The highest BCUT2D eigenvalue weighted by Crippen LogP contribution is 2.09. The summed E-state index contributed by atoms with van der Waals surface area (Å²) in [5.74, 6) is -0.0321. The van der Waals surface area contributed by atoms with Crippen molar-refractivity contribution < 1.29 is 9.53 Å². The zero-order valence-electron chi connectivity index (χ0n) is 17.8. The minimum atomic E-state index is -0.0321. The maximum atomic E-state index is 11.6. The number of rotatable bonds is 20. The van der Waals surface area contributed by atoms with E-state index in [-0.39, 0.29) is 5.97 Å². The van der Waals surface area contributed by atoms with Crippen LogP contribution in [0.4, 0.5) is 0 Å². The summed E-state index contributed by atoms with van der Waals surface area (Å²) in [5.41, 5.74) is 1.30. The molecule has 0 spiro atoms. The monoisotopic (exact) mass is 367 g/mol. The SMILES string of the molecule is C=C(C)CCCCCCCNCCCC(=O)OCCCCCCCCC. The van der Waals surface area contributed by atoms with E-state index in [0.29, 0.717) is 13.0 Å². The van der Waals surface area contributed by atoms with Crippen molar-refractivity contribution in [2.75, 3.05) is 19.7 Å². The molecule has 0 unspecified atom stereocenters. The molecule has 1 N–H and O–H groups in total. The van der Waals surface area contributed by atoms with Gasteiger partial charge in [0.2, 0.25) is 0 Å². The fourth-order valence-corrected chi connectivity index (χ4v) is 3.01. The van der Waals surface area contributed by atoms with Crippen LogP contribution in [0.2, 0.25) is 0 Å². The Morgan fingerprint density at radius 3 is 2.04 bits per heavy atom. The molecule has 0 radical (unpaired) electrons. The minimum Gasteiger partial charge on any atom is -0.466 e. The largest absolute Gasteiger partial charge is 0.466 e. The van der Waals surface area contributed by atoms with Crippen molar-refractivity contribution in [1.29, 1.82) is 0 Å². The van der Waals surface area contributed by atoms with Gasteiger partial charge in [0.05, 0.1) is 6.61 Å². The van der Waals surface area contributed by atoms with Gasteiger partial charge in [-0.2, -0.15) is 0 Å². The Kier molecular flexibility index (Phi) is 19.8. The molecule has 0 aliphatic carbocycles. The third-order valence-corrected chi connectivity index (χ3v) is 4.70. The Morgan fingerprint density at radius 1 is 0.769 bits per heavy atom. The molecule has 0 heterocycles. The van der Waals surface area contributed by atoms with Crippen molar-refractivity contribution in [3.63, 3.8) is 0 Å². The number of nitrogens with one attached hydrogen (secondary N) is 1. The van der Waals surface area contributed by atoms with Gasteiger partial charge in [-0.25, -0.2) is 0 Å². The second kappa shape index (κ2) is 20.5. The van der Waals surface area contributed by atoms with Crippen molar-refractivity contribution in [2.24, 2.45) is 0 Å². The van der Waals surface area contributed by atoms with Crippen LogP contribution in [0.5, 0.6) is 0 Å². The second-order valence-electron chi connectivity index (χ2n) is 7.67. The lowest BCUT2D eigenvalue weighted by molar-refractivity contribution is -0.143. The molecular weight excluding hydrogens is 322 g/mol. The van der Waals surface area contributed by atoms with Gasteiger partial charge in [0, 0.05) is 6.42 Å². The first-order valence-electron chi connectivity index (χ1n) is 11.2. The van der Waals surface area contributed by atoms with Gasteiger partial charge in [0.15, 0.2) is 0 Å². The van der Waals surface area contributed by atoms with Crippen molar-refractivity contribution in [2.45, 2.75) is 110 Å². The lowest BCUT2D eigenvalue weighted by Gasteiger charge is -2.06. The van der Waals surface area contributed by atoms with Crippen molar-refractivity contribution in [3.05, 3.63) is 12.2 Å². The zero-order valence-corrected chi connectivity index (χ0v) is 17.8. The maximum absolute atomic E-state index is 11.6. The fourth-order valence-electron chi connectivity index (χ4n) is 3.01. The third kappa shape index (κ3) is 21.2. The molecule has 0 rings (SSSR count). The molecule has 0 aliphatic heterocycles. The van der Waals surface area contributed by atoms with Gasteiger partial charge in [-0.15, -0.1) is 6.58 Å². The molecule has 0 aliphatic rings. The van der Waals surface area contributed by atoms with E-state index < -0.39 is 0 Å². The molecule has 0 fully saturated rings. The number of allylic oxidation sites excluding steroid dienone is 1. The van der Waals surface area contributed by atoms with Gasteiger partial charge in [-0.05, 0) is 52.1 Å². The van der Waals surface area contributed by atoms with E-state index in [1.807, 2.05) is 0 Å². The van der Waals surface area contributed by atoms with Crippen molar-refractivity contribution >= 4 is 5.97 Å². The summed E-state index contributed by atoms with van der Waals surface area (Å²) in [6.45, 7) is 10.9. The Morgan fingerprint density at radius 2 is 1.35 bits per heavy atom. The maximum Gasteiger partial charge on any atom is 0.305 e. The van der Waals surface area contributed by atoms with Crippen LogP contribution in [0, 0.1) is 0 Å². The molecule has 154 valence electrons. The predicted molar refractivity (Wildman–Crippen MR) is 114 cm³/mol. The standard InChI is InChI=1S/C23H45NO2/c1-4-5-6-7-8-12-15-21-26-23(25)18-16-20-24-19-14-11-9-10-13-17-22(2)3/h24H,2,4-21H2,1,3H3. The Balaban J connectivity index is 3.16. The van der Waals surface area contributed by atoms with Crippen LogP contribution < -0.4 is 5.32 Å². The number of ether oxygens (including phenoxy) is 1. The van der Waals surface area contributed by atoms with Gasteiger partial charge < -0.3 is 10.1 Å². The van der Waals surface area contributed by atoms with Crippen LogP contribution in [-0.2, 0) is 9.53 Å². The van der Waals surface area contributed by atoms with E-state index in [1.165, 1.54) is 82.6 Å². The zero-order chi connectivity index (χ0) is 19.3. The highest BCUT2D eigenvalue weighted by atomic mass is 16.5. The molecule has 0 saturated carbocycles. The predicted octanol–water partition coefficient (Wildman–Crippen LogP) is 6.57. The molecule has 0 aromatic rings. The molecule has 0 atom stereocenters. The van der Waals surface area contributed by atoms with Gasteiger partial charge >= 0.3 is 5.97 Å². The van der Waals surface area contributed by atoms with Crippen molar-refractivity contribution in [3.8, 4) is 0 Å². The van der Waals surface area contributed by atoms with Crippen LogP contribution in [0.15, 0.2) is 12.2 Å². The summed E-state index contributed by atoms with van der Waals surface area (Å²) in [4.78, 5) is 11.6. The Hall–Kier alpha value is -0.830. The van der Waals surface area contributed by atoms with Crippen LogP contribution >= 0.6 is 0 Å². The highest BCUT2D eigenvalue weighted by Gasteiger charge is 2.02. The van der Waals surface area contributed by atoms with Gasteiger partial charge in [0.1, 0.15) is 0 Å². The van der Waals surface area contributed by atoms with Crippen LogP contribution in [0.25, 0.3) is 0 Å². The van der Waals surface area contributed by atoms with Gasteiger partial charge in [-0.1, -0.05) is 70.3 Å². The number of hydrogen-bond acceptors (Lipinski definition) is 3. The van der Waals surface area contributed by atoms with E-state index in [9.17, 15) is 4.79 Å². The summed E-state index contributed by atoms with van der Waals surface area (Å²) in [6.07, 6.45) is 17.8. The average Bonchev–Trinajstić information content (AvgIpc) is 2.61. The first-order chi connectivity index (χ1) is 12.7. The summed E-state index contributed by atoms with van der Waals surface area (Å²) in [6, 6.07) is 0. The first-order valence-corrected chi connectivity index (χ1v) is 11.2. The number of carbonyl (C=O) groups excluding carboxylic acids is 1. The van der Waals surface area contributed by atoms with Crippen molar-refractivity contribution in [1.82, 2.24) is 5.32 Å². The molecule has 0 bridgehead atoms. The summed E-state index contributed by atoms with van der Waals surface area (Å²) in [5, 5.41) is 3.43. The first kappa shape index (κ1) is 25.2. The van der Waals surface area contributed by atoms with Gasteiger partial charge in [-0.3, -0.25) is 4.79 Å². The molecule has 0 aromatic heterocycles. The molecule has 0 aromatic carbocycles. The smallest absolute Gasteiger partial charge is 0.305 e. The van der Waals surface area contributed by atoms with E-state index in [2.05, 4.69) is 25.7 Å². The number of unbranched alkanes of at least 4 members (excludes halogenated alkanes) is 10. The molecule has 26 heavy (non-hydrogen) atoms. The lowest BCUT2D eigenvalue weighted by Crippen LogP contribution is -2.18. The fraction of sp³-hybridized carbons (Fsp3) is 0.870. The summed E-state index contributed by atoms with van der Waals surface area (Å²) in [7, 11) is 0. The lowest BCUT2D eigenvalue weighted by atomic mass is 10.1. The third-order valence-electron chi connectivity index (χ3n) is 4.70. The molecule has 3 nitrogen and oxygen atoms in total. The van der Waals surface area contributed by atoms with Crippen LogP contribution in [0.1, 0.15) is 110 Å². The normalized spacial score (nSPS) is 10.8. The van der Waals surface area contributed by atoms with E-state index >= 15 is 0 Å². The Labute approximate surface area is 163 Å². The number of hydrogen-bond donors (Lipinski definition) is 1. The Bertz CT molecular complexity index is 328. The number of carbonyl (C=O) groups is 1. The van der Waals surface area contributed by atoms with Crippen LogP contribution in [-0.4, -0.2) is 25.7 Å². The highest BCUT2D eigenvalue weighted by molar-refractivity contribution is 5.69. The molecule has 3 heteroatoms. The molecule has 0 amide bonds. The quantitative estimate of drug-likeness (QED) is 0.150. The molecular formula is C23H45NO2. The van der Waals surface area contributed by atoms with E-state index in [0.717, 1.165) is 25.9 Å². The second-order valence-corrected chi connectivity index (χ2v) is 7.67. The van der Waals surface area contributed by atoms with E-state index in [4.69, 9.17) is 4.74 Å². The van der Waals surface area contributed by atoms with E-state index in [1.54, 1.807) is 0 Å². The topological polar surface area (TPSA) is 38.3 Å². The van der Waals surface area contributed by atoms with Gasteiger partial charge in [0.25, 0.3) is 0 Å². The number of esters is 1. The van der Waals surface area contributed by atoms with Crippen LogP contribution in [0.3, 0.4) is 0 Å². The molecule has 0 saturated heterocycles. The summed E-state index contributed by atoms with van der Waals surface area (Å²) < 4.78 is 5.30. The summed E-state index contributed by atoms with van der Waals surface area (Å²) >= 11 is 0. The minimum absolute atomic E-state index is 0.0321. The average molecular weight is 368 g/mol.